The fraction of sp³-hybridized carbons (Fsp3) is 0.632. The zero-order valence-corrected chi connectivity index (χ0v) is 32.7. The number of ether oxygens (including phenoxy) is 2. The molecule has 3 heterocycles. The smallest absolute Gasteiger partial charge is 0.408 e. The van der Waals surface area contributed by atoms with Crippen LogP contribution in [0.1, 0.15) is 74.8 Å². The molecule has 5 rings (SSSR count). The van der Waals surface area contributed by atoms with Crippen molar-refractivity contribution in [2.45, 2.75) is 98.1 Å². The first-order valence-corrected chi connectivity index (χ1v) is 18.3. The summed E-state index contributed by atoms with van der Waals surface area (Å²) < 4.78 is 12.2. The van der Waals surface area contributed by atoms with Crippen LogP contribution in [-0.2, 0) is 20.8 Å². The van der Waals surface area contributed by atoms with Crippen molar-refractivity contribution < 1.29 is 28.7 Å². The predicted molar refractivity (Wildman–Crippen MR) is 200 cm³/mol. The van der Waals surface area contributed by atoms with Crippen LogP contribution < -0.4 is 21.6 Å². The highest BCUT2D eigenvalue weighted by Gasteiger charge is 2.61. The van der Waals surface area contributed by atoms with Crippen molar-refractivity contribution in [3.05, 3.63) is 52.6 Å². The van der Waals surface area contributed by atoms with Gasteiger partial charge >= 0.3 is 23.9 Å². The molecule has 0 unspecified atom stereocenters. The van der Waals surface area contributed by atoms with Crippen molar-refractivity contribution in [2.75, 3.05) is 44.6 Å². The van der Waals surface area contributed by atoms with E-state index >= 15 is 0 Å². The molecule has 1 aromatic carbocycles. The maximum absolute atomic E-state index is 13.2. The van der Waals surface area contributed by atoms with Gasteiger partial charge in [-0.1, -0.05) is 12.1 Å². The molecule has 2 saturated heterocycles. The van der Waals surface area contributed by atoms with Gasteiger partial charge in [-0.2, -0.15) is 4.98 Å². The number of hydrogen-bond acceptors (Lipinski definition) is 9. The van der Waals surface area contributed by atoms with E-state index in [-0.39, 0.29) is 49.5 Å². The van der Waals surface area contributed by atoms with Gasteiger partial charge < -0.3 is 29.9 Å². The van der Waals surface area contributed by atoms with Crippen LogP contribution in [0, 0.1) is 17.8 Å². The molecule has 15 heteroatoms. The molecule has 3 fully saturated rings. The van der Waals surface area contributed by atoms with E-state index < -0.39 is 34.6 Å². The van der Waals surface area contributed by atoms with E-state index in [4.69, 9.17) is 9.47 Å². The van der Waals surface area contributed by atoms with Crippen molar-refractivity contribution in [3.8, 4) is 5.69 Å². The molecule has 0 radical (unpaired) electrons. The zero-order valence-electron chi connectivity index (χ0n) is 32.7. The van der Waals surface area contributed by atoms with E-state index in [9.17, 15) is 24.0 Å². The Hall–Kier alpha value is -4.66. The number of aromatic nitrogens is 2. The Balaban J connectivity index is 1.07. The summed E-state index contributed by atoms with van der Waals surface area (Å²) in [4.78, 5) is 73.4. The Morgan fingerprint density at radius 1 is 0.755 bits per heavy atom. The van der Waals surface area contributed by atoms with Gasteiger partial charge in [0.25, 0.3) is 0 Å². The van der Waals surface area contributed by atoms with Gasteiger partial charge in [-0.25, -0.2) is 19.2 Å². The molecule has 0 bridgehead atoms. The lowest BCUT2D eigenvalue weighted by Crippen LogP contribution is -2.60. The summed E-state index contributed by atoms with van der Waals surface area (Å²) in [7, 11) is 0. The van der Waals surface area contributed by atoms with Crippen molar-refractivity contribution in [3.63, 3.8) is 0 Å². The maximum atomic E-state index is 13.2. The van der Waals surface area contributed by atoms with Gasteiger partial charge in [0.1, 0.15) is 22.6 Å². The summed E-state index contributed by atoms with van der Waals surface area (Å²) in [6.45, 7) is 22.0. The van der Waals surface area contributed by atoms with Crippen LogP contribution in [0.25, 0.3) is 5.69 Å². The molecule has 3 N–H and O–H groups in total. The molecule has 15 nitrogen and oxygen atoms in total. The Morgan fingerprint density at radius 2 is 1.28 bits per heavy atom. The molecule has 290 valence electrons. The standard InChI is InChI=1S/C38H56N8O7/c1-35(2,3)52-33(50)41-37(7,8)29-26-22-43(23-27(26)29)21-24-11-13-25(14-12-24)46-16-15-28(40-32(46)49)39-31(48)45-19-17-44(18-20-45)30(47)38(9,10)42-34(51)53-36(4,5)6/h11-16,26-27,29H,17-23H2,1-10H3,(H,41,50)(H,42,51)(H,39,40,48,49)/t26-,27+,29+. The van der Waals surface area contributed by atoms with Gasteiger partial charge in [0, 0.05) is 57.5 Å². The summed E-state index contributed by atoms with van der Waals surface area (Å²) in [5.74, 6) is 1.32. The minimum atomic E-state index is -1.19. The van der Waals surface area contributed by atoms with Crippen molar-refractivity contribution >= 4 is 29.9 Å². The number of piperidine rings is 1. The third-order valence-electron chi connectivity index (χ3n) is 9.79. The Bertz CT molecular complexity index is 1740. The van der Waals surface area contributed by atoms with E-state index in [0.29, 0.717) is 23.4 Å². The minimum absolute atomic E-state index is 0.129. The minimum Gasteiger partial charge on any atom is -0.444 e. The molecule has 1 aromatic heterocycles. The summed E-state index contributed by atoms with van der Waals surface area (Å²) in [5, 5.41) is 8.40. The van der Waals surface area contributed by atoms with E-state index in [1.54, 1.807) is 56.7 Å². The van der Waals surface area contributed by atoms with Gasteiger partial charge in [0.05, 0.1) is 5.69 Å². The molecular formula is C38H56N8O7. The second-order valence-electron chi connectivity index (χ2n) is 17.5. The van der Waals surface area contributed by atoms with Crippen LogP contribution in [0.5, 0.6) is 0 Å². The fourth-order valence-electron chi connectivity index (χ4n) is 7.46. The number of anilines is 1. The molecule has 0 spiro atoms. The first-order chi connectivity index (χ1) is 24.5. The Labute approximate surface area is 311 Å². The second-order valence-corrected chi connectivity index (χ2v) is 17.5. The summed E-state index contributed by atoms with van der Waals surface area (Å²) in [6, 6.07) is 8.93. The molecule has 3 aliphatic rings. The van der Waals surface area contributed by atoms with E-state index in [1.165, 1.54) is 4.57 Å². The first kappa shape index (κ1) is 39.5. The van der Waals surface area contributed by atoms with Crippen LogP contribution in [-0.4, -0.2) is 110 Å². The van der Waals surface area contributed by atoms with Gasteiger partial charge in [-0.05, 0) is 111 Å². The maximum Gasteiger partial charge on any atom is 0.408 e. The highest BCUT2D eigenvalue weighted by molar-refractivity contribution is 5.90. The number of urea groups is 1. The summed E-state index contributed by atoms with van der Waals surface area (Å²) in [6.07, 6.45) is 0.523. The highest BCUT2D eigenvalue weighted by atomic mass is 16.6. The lowest BCUT2D eigenvalue weighted by Gasteiger charge is -2.38. The van der Waals surface area contributed by atoms with Crippen LogP contribution in [0.15, 0.2) is 41.3 Å². The van der Waals surface area contributed by atoms with Crippen LogP contribution >= 0.6 is 0 Å². The number of hydrogen-bond donors (Lipinski definition) is 3. The summed E-state index contributed by atoms with van der Waals surface area (Å²) >= 11 is 0. The van der Waals surface area contributed by atoms with Gasteiger partial charge in [-0.15, -0.1) is 0 Å². The lowest BCUT2D eigenvalue weighted by molar-refractivity contribution is -0.138. The molecule has 5 amide bonds. The number of carbonyl (C=O) groups is 4. The van der Waals surface area contributed by atoms with Gasteiger partial charge in [-0.3, -0.25) is 19.6 Å². The van der Waals surface area contributed by atoms with E-state index in [2.05, 4.69) is 39.7 Å². The molecule has 3 atom stereocenters. The molecule has 2 aromatic rings. The second kappa shape index (κ2) is 14.6. The summed E-state index contributed by atoms with van der Waals surface area (Å²) in [5.41, 5.74) is -1.50. The van der Waals surface area contributed by atoms with Crippen LogP contribution in [0.2, 0.25) is 0 Å². The SMILES string of the molecule is CC(C)(C)OC(=O)NC(C)(C)C(=O)N1CCN(C(=O)Nc2ccn(-c3ccc(CN4C[C@@H]5[C@H](C4)[C@H]5C(C)(C)NC(=O)OC(C)(C)C)cc3)c(=O)n2)CC1. The molecular weight excluding hydrogens is 680 g/mol. The number of fused-ring (bicyclic) bond motifs is 1. The lowest BCUT2D eigenvalue weighted by atomic mass is 9.94. The molecule has 2 aliphatic heterocycles. The number of carbonyl (C=O) groups excluding carboxylic acids is 4. The number of amides is 5. The number of benzene rings is 1. The van der Waals surface area contributed by atoms with Crippen LogP contribution in [0.3, 0.4) is 0 Å². The highest BCUT2D eigenvalue weighted by Crippen LogP contribution is 2.57. The number of piperazine rings is 1. The van der Waals surface area contributed by atoms with E-state index in [1.807, 2.05) is 45.0 Å². The third-order valence-corrected chi connectivity index (χ3v) is 9.79. The van der Waals surface area contributed by atoms with Crippen molar-refractivity contribution in [1.82, 2.24) is 34.9 Å². The fourth-order valence-corrected chi connectivity index (χ4v) is 7.46. The first-order valence-electron chi connectivity index (χ1n) is 18.3. The molecule has 53 heavy (non-hydrogen) atoms. The topological polar surface area (TPSA) is 167 Å². The number of nitrogens with one attached hydrogen (secondary N) is 3. The van der Waals surface area contributed by atoms with Crippen molar-refractivity contribution in [2.24, 2.45) is 17.8 Å². The van der Waals surface area contributed by atoms with Crippen molar-refractivity contribution in [1.29, 1.82) is 0 Å². The van der Waals surface area contributed by atoms with Gasteiger partial charge in [0.15, 0.2) is 0 Å². The van der Waals surface area contributed by atoms with E-state index in [0.717, 1.165) is 25.2 Å². The number of likely N-dealkylation sites (tertiary alicyclic amines) is 1. The Morgan fingerprint density at radius 3 is 1.81 bits per heavy atom. The monoisotopic (exact) mass is 736 g/mol. The average Bonchev–Trinajstić information content (AvgIpc) is 3.56. The van der Waals surface area contributed by atoms with Gasteiger partial charge in [0.2, 0.25) is 5.91 Å². The van der Waals surface area contributed by atoms with Crippen LogP contribution in [0.4, 0.5) is 20.2 Å². The molecule has 1 saturated carbocycles. The average molecular weight is 737 g/mol. The number of nitrogens with zero attached hydrogens (tertiary/aromatic N) is 5. The molecule has 1 aliphatic carbocycles. The normalized spacial score (nSPS) is 20.7. The number of alkyl carbamates (subject to hydrolysis) is 2. The zero-order chi connectivity index (χ0) is 39.1. The number of rotatable bonds is 8. The third kappa shape index (κ3) is 10.1. The largest absolute Gasteiger partial charge is 0.444 e. The Kier molecular flexibility index (Phi) is 10.9. The quantitative estimate of drug-likeness (QED) is 0.360. The predicted octanol–water partition coefficient (Wildman–Crippen LogP) is 4.19.